The molecule has 8 heteroatoms. The van der Waals surface area contributed by atoms with E-state index in [1.165, 1.54) is 5.01 Å². The summed E-state index contributed by atoms with van der Waals surface area (Å²) in [6.07, 6.45) is 0.428. The fraction of sp³-hybridized carbons (Fsp3) is 0.273. The number of benzene rings is 2. The first-order chi connectivity index (χ1) is 14.4. The van der Waals surface area contributed by atoms with Crippen molar-refractivity contribution in [3.8, 4) is 16.9 Å². The monoisotopic (exact) mass is 424 g/mol. The summed E-state index contributed by atoms with van der Waals surface area (Å²) in [5.74, 6) is -0.203. The van der Waals surface area contributed by atoms with E-state index in [1.807, 2.05) is 60.7 Å². The summed E-state index contributed by atoms with van der Waals surface area (Å²) in [6, 6.07) is 20.5. The number of hydrogen-bond acceptors (Lipinski definition) is 5. The van der Waals surface area contributed by atoms with Gasteiger partial charge in [0, 0.05) is 19.7 Å². The van der Waals surface area contributed by atoms with E-state index in [1.54, 1.807) is 29.9 Å². The molecule has 0 bridgehead atoms. The molecule has 1 fully saturated rings. The minimum absolute atomic E-state index is 0.0259. The first-order valence-electron chi connectivity index (χ1n) is 9.78. The van der Waals surface area contributed by atoms with Crippen molar-refractivity contribution in [2.75, 3.05) is 25.6 Å². The Kier molecular flexibility index (Phi) is 5.44. The highest BCUT2D eigenvalue weighted by Crippen LogP contribution is 2.25. The van der Waals surface area contributed by atoms with Crippen LogP contribution in [0.25, 0.3) is 16.9 Å². The highest BCUT2D eigenvalue weighted by molar-refractivity contribution is 7.91. The zero-order valence-corrected chi connectivity index (χ0v) is 17.8. The fourth-order valence-electron chi connectivity index (χ4n) is 3.81. The lowest BCUT2D eigenvalue weighted by Crippen LogP contribution is -2.49. The van der Waals surface area contributed by atoms with Gasteiger partial charge in [-0.05, 0) is 24.6 Å². The Morgan fingerprint density at radius 3 is 2.23 bits per heavy atom. The van der Waals surface area contributed by atoms with Crippen LogP contribution in [0.2, 0.25) is 0 Å². The maximum absolute atomic E-state index is 13.7. The number of sulfone groups is 1. The maximum Gasteiger partial charge on any atom is 0.287 e. The Labute approximate surface area is 176 Å². The Hall–Kier alpha value is -2.97. The summed E-state index contributed by atoms with van der Waals surface area (Å²) in [5.41, 5.74) is 2.74. The number of aromatic nitrogens is 2. The van der Waals surface area contributed by atoms with Gasteiger partial charge < -0.3 is 0 Å². The first kappa shape index (κ1) is 20.3. The molecule has 0 N–H and O–H groups in total. The van der Waals surface area contributed by atoms with Crippen molar-refractivity contribution in [2.24, 2.45) is 0 Å². The van der Waals surface area contributed by atoms with Gasteiger partial charge in [0.1, 0.15) is 5.69 Å². The van der Waals surface area contributed by atoms with Crippen LogP contribution < -0.4 is 0 Å². The second kappa shape index (κ2) is 8.04. The standard InChI is InChI=1S/C22H24N4O3S/c1-24(2)26(19-13-14-30(28,29)16-19)22(27)21-15-20(17-9-5-3-6-10-17)23-25(21)18-11-7-4-8-12-18/h3-12,15,19H,13-14,16H2,1-2H3/t19-/m0/s1. The smallest absolute Gasteiger partial charge is 0.266 e. The third-order valence-corrected chi connectivity index (χ3v) is 6.94. The van der Waals surface area contributed by atoms with E-state index < -0.39 is 15.9 Å². The molecule has 4 rings (SSSR count). The molecular formula is C22H24N4O3S. The van der Waals surface area contributed by atoms with Gasteiger partial charge in [0.25, 0.3) is 5.91 Å². The van der Waals surface area contributed by atoms with E-state index in [0.717, 1.165) is 11.3 Å². The summed E-state index contributed by atoms with van der Waals surface area (Å²) < 4.78 is 25.7. The number of amides is 1. The Morgan fingerprint density at radius 1 is 1.03 bits per heavy atom. The first-order valence-corrected chi connectivity index (χ1v) is 11.6. The minimum atomic E-state index is -3.13. The Morgan fingerprint density at radius 2 is 1.67 bits per heavy atom. The summed E-state index contributed by atoms with van der Waals surface area (Å²) in [7, 11) is 0.376. The molecule has 0 unspecified atom stereocenters. The summed E-state index contributed by atoms with van der Waals surface area (Å²) in [4.78, 5) is 13.7. The topological polar surface area (TPSA) is 75.5 Å². The van der Waals surface area contributed by atoms with Crippen molar-refractivity contribution >= 4 is 15.7 Å². The van der Waals surface area contributed by atoms with E-state index >= 15 is 0 Å². The van der Waals surface area contributed by atoms with Crippen molar-refractivity contribution in [3.63, 3.8) is 0 Å². The normalized spacial score (nSPS) is 17.9. The van der Waals surface area contributed by atoms with Gasteiger partial charge in [0.15, 0.2) is 9.84 Å². The van der Waals surface area contributed by atoms with Crippen LogP contribution in [0.3, 0.4) is 0 Å². The molecule has 156 valence electrons. The minimum Gasteiger partial charge on any atom is -0.266 e. The van der Waals surface area contributed by atoms with Gasteiger partial charge in [-0.2, -0.15) is 5.10 Å². The maximum atomic E-state index is 13.7. The molecule has 0 aliphatic carbocycles. The van der Waals surface area contributed by atoms with Crippen LogP contribution in [0.5, 0.6) is 0 Å². The third-order valence-electron chi connectivity index (χ3n) is 5.19. The molecule has 0 radical (unpaired) electrons. The van der Waals surface area contributed by atoms with E-state index in [4.69, 9.17) is 5.10 Å². The lowest BCUT2D eigenvalue weighted by Gasteiger charge is -2.33. The highest BCUT2D eigenvalue weighted by Gasteiger charge is 2.37. The Bertz CT molecular complexity index is 1140. The van der Waals surface area contributed by atoms with E-state index in [0.29, 0.717) is 17.8 Å². The van der Waals surface area contributed by atoms with Crippen LogP contribution in [0, 0.1) is 0 Å². The van der Waals surface area contributed by atoms with Crippen molar-refractivity contribution in [1.82, 2.24) is 19.8 Å². The van der Waals surface area contributed by atoms with Gasteiger partial charge in [0.2, 0.25) is 0 Å². The summed E-state index contributed by atoms with van der Waals surface area (Å²) >= 11 is 0. The molecule has 1 aliphatic rings. The zero-order valence-electron chi connectivity index (χ0n) is 17.0. The summed E-state index contributed by atoms with van der Waals surface area (Å²) in [6.45, 7) is 0. The predicted molar refractivity (Wildman–Crippen MR) is 116 cm³/mol. The molecular weight excluding hydrogens is 400 g/mol. The number of para-hydroxylation sites is 1. The van der Waals surface area contributed by atoms with Crippen molar-refractivity contribution < 1.29 is 13.2 Å². The van der Waals surface area contributed by atoms with Gasteiger partial charge >= 0.3 is 0 Å². The number of hydrogen-bond donors (Lipinski definition) is 0. The average molecular weight is 425 g/mol. The number of carbonyl (C=O) groups excluding carboxylic acids is 1. The fourth-order valence-corrected chi connectivity index (χ4v) is 5.50. The van der Waals surface area contributed by atoms with Crippen LogP contribution in [-0.2, 0) is 9.84 Å². The van der Waals surface area contributed by atoms with Crippen molar-refractivity contribution in [2.45, 2.75) is 12.5 Å². The molecule has 7 nitrogen and oxygen atoms in total. The van der Waals surface area contributed by atoms with Crippen molar-refractivity contribution in [1.29, 1.82) is 0 Å². The largest absolute Gasteiger partial charge is 0.287 e. The molecule has 2 aromatic carbocycles. The van der Waals surface area contributed by atoms with Crippen LogP contribution in [0.1, 0.15) is 16.9 Å². The molecule has 1 atom stereocenters. The van der Waals surface area contributed by atoms with Crippen molar-refractivity contribution in [3.05, 3.63) is 72.4 Å². The van der Waals surface area contributed by atoms with Crippen LogP contribution in [-0.4, -0.2) is 65.8 Å². The Balaban J connectivity index is 1.79. The van der Waals surface area contributed by atoms with Crippen LogP contribution in [0.15, 0.2) is 66.7 Å². The van der Waals surface area contributed by atoms with Crippen LogP contribution in [0.4, 0.5) is 0 Å². The molecule has 1 aliphatic heterocycles. The van der Waals surface area contributed by atoms with E-state index in [9.17, 15) is 13.2 Å². The number of hydrazine groups is 1. The van der Waals surface area contributed by atoms with E-state index in [2.05, 4.69) is 0 Å². The van der Waals surface area contributed by atoms with Gasteiger partial charge in [0.05, 0.1) is 28.9 Å². The molecule has 30 heavy (non-hydrogen) atoms. The zero-order chi connectivity index (χ0) is 21.3. The van der Waals surface area contributed by atoms with E-state index in [-0.39, 0.29) is 17.4 Å². The molecule has 1 aromatic heterocycles. The number of rotatable bonds is 5. The molecule has 2 heterocycles. The highest BCUT2D eigenvalue weighted by atomic mass is 32.2. The van der Waals surface area contributed by atoms with Gasteiger partial charge in [-0.25, -0.2) is 18.1 Å². The van der Waals surface area contributed by atoms with Gasteiger partial charge in [-0.15, -0.1) is 0 Å². The molecule has 1 saturated heterocycles. The third kappa shape index (κ3) is 4.01. The number of nitrogens with zero attached hydrogens (tertiary/aromatic N) is 4. The predicted octanol–water partition coefficient (Wildman–Crippen LogP) is 2.65. The second-order valence-corrected chi connectivity index (χ2v) is 9.81. The second-order valence-electron chi connectivity index (χ2n) is 7.58. The summed E-state index contributed by atoms with van der Waals surface area (Å²) in [5, 5.41) is 7.90. The number of carbonyl (C=O) groups is 1. The lowest BCUT2D eigenvalue weighted by molar-refractivity contribution is 0.000188. The lowest BCUT2D eigenvalue weighted by atomic mass is 10.1. The van der Waals surface area contributed by atoms with Gasteiger partial charge in [-0.3, -0.25) is 9.80 Å². The van der Waals surface area contributed by atoms with Gasteiger partial charge in [-0.1, -0.05) is 48.5 Å². The SMILES string of the molecule is CN(C)N(C(=O)c1cc(-c2ccccc2)nn1-c1ccccc1)[C@H]1CCS(=O)(=O)C1. The molecule has 0 spiro atoms. The average Bonchev–Trinajstić information content (AvgIpc) is 3.33. The molecule has 1 amide bonds. The quantitative estimate of drug-likeness (QED) is 0.589. The molecule has 0 saturated carbocycles. The molecule has 3 aromatic rings. The van der Waals surface area contributed by atoms with Crippen LogP contribution >= 0.6 is 0 Å².